The Hall–Kier alpha value is -2.68. The molecule has 3 rings (SSSR count). The van der Waals surface area contributed by atoms with E-state index in [1.807, 2.05) is 0 Å². The van der Waals surface area contributed by atoms with Crippen molar-refractivity contribution < 1.29 is 21.6 Å². The van der Waals surface area contributed by atoms with Crippen LogP contribution in [0.15, 0.2) is 82.6 Å². The normalized spacial score (nSPS) is 11.4. The number of rotatable bonds is 6. The van der Waals surface area contributed by atoms with Gasteiger partial charge in [0.2, 0.25) is 0 Å². The van der Waals surface area contributed by atoms with Crippen molar-refractivity contribution in [3.8, 4) is 0 Å². The maximum atomic E-state index is 12.8. The molecule has 0 fully saturated rings. The monoisotopic (exact) mass is 465 g/mol. The predicted octanol–water partition coefficient (Wildman–Crippen LogP) is 4.41. The number of halogens is 1. The number of anilines is 1. The summed E-state index contributed by atoms with van der Waals surface area (Å²) in [5, 5.41) is 0.282. The molecular weight excluding hydrogens is 446 g/mol. The van der Waals surface area contributed by atoms with Crippen LogP contribution in [0.2, 0.25) is 5.02 Å². The third-order valence-electron chi connectivity index (χ3n) is 4.07. The highest BCUT2D eigenvalue weighted by Crippen LogP contribution is 2.26. The summed E-state index contributed by atoms with van der Waals surface area (Å²) >= 11 is 6.01. The molecule has 0 saturated carbocycles. The molecule has 0 aromatic heterocycles. The first-order valence-electron chi connectivity index (χ1n) is 8.30. The van der Waals surface area contributed by atoms with E-state index >= 15 is 0 Å². The summed E-state index contributed by atoms with van der Waals surface area (Å²) < 4.78 is 51.0. The lowest BCUT2D eigenvalue weighted by Crippen LogP contribution is -2.16. The Labute approximate surface area is 181 Å². The SMILES string of the molecule is C.CS(=O)(=O)c1ccc(S(=O)(=O)Nc2ccc(Cl)cc2C(=O)c2ccccc2)cc1. The molecule has 158 valence electrons. The van der Waals surface area contributed by atoms with Crippen molar-refractivity contribution in [2.24, 2.45) is 0 Å². The Morgan fingerprint density at radius 3 is 1.97 bits per heavy atom. The standard InChI is InChI=1S/C20H16ClNO5S2.CH4/c1-28(24,25)16-8-10-17(11-9-16)29(26,27)22-19-12-7-15(21)13-18(19)20(23)14-5-3-2-4-6-14;/h2-13,22H,1H3;1H4. The Kier molecular flexibility index (Phi) is 7.07. The summed E-state index contributed by atoms with van der Waals surface area (Å²) in [5.74, 6) is -0.391. The fourth-order valence-corrected chi connectivity index (χ4v) is 4.49. The van der Waals surface area contributed by atoms with Crippen LogP contribution >= 0.6 is 11.6 Å². The molecule has 0 spiro atoms. The van der Waals surface area contributed by atoms with Gasteiger partial charge in [0, 0.05) is 22.4 Å². The van der Waals surface area contributed by atoms with Crippen LogP contribution < -0.4 is 4.72 Å². The van der Waals surface area contributed by atoms with Crippen molar-refractivity contribution in [3.05, 3.63) is 88.9 Å². The second-order valence-corrected chi connectivity index (χ2v) is 10.4. The first-order valence-corrected chi connectivity index (χ1v) is 12.1. The smallest absolute Gasteiger partial charge is 0.261 e. The van der Waals surface area contributed by atoms with E-state index in [1.165, 1.54) is 42.5 Å². The van der Waals surface area contributed by atoms with Crippen LogP contribution in [0.4, 0.5) is 5.69 Å². The topological polar surface area (TPSA) is 97.4 Å². The number of sulfonamides is 1. The van der Waals surface area contributed by atoms with E-state index in [-0.39, 0.29) is 33.5 Å². The van der Waals surface area contributed by atoms with Gasteiger partial charge in [-0.15, -0.1) is 0 Å². The Balaban J connectivity index is 0.00000320. The molecule has 0 heterocycles. The minimum Gasteiger partial charge on any atom is -0.289 e. The van der Waals surface area contributed by atoms with Gasteiger partial charge in [-0.05, 0) is 42.5 Å². The highest BCUT2D eigenvalue weighted by Gasteiger charge is 2.21. The van der Waals surface area contributed by atoms with Gasteiger partial charge < -0.3 is 0 Å². The van der Waals surface area contributed by atoms with Crippen LogP contribution in [0, 0.1) is 0 Å². The summed E-state index contributed by atoms with van der Waals surface area (Å²) in [4.78, 5) is 12.7. The number of ketones is 1. The van der Waals surface area contributed by atoms with Crippen LogP contribution in [-0.2, 0) is 19.9 Å². The highest BCUT2D eigenvalue weighted by atomic mass is 35.5. The maximum absolute atomic E-state index is 12.8. The van der Waals surface area contributed by atoms with Crippen molar-refractivity contribution in [3.63, 3.8) is 0 Å². The number of nitrogens with one attached hydrogen (secondary N) is 1. The fraction of sp³-hybridized carbons (Fsp3) is 0.0952. The quantitative estimate of drug-likeness (QED) is 0.544. The number of hydrogen-bond acceptors (Lipinski definition) is 5. The molecule has 0 radical (unpaired) electrons. The first kappa shape index (κ1) is 23.6. The number of benzene rings is 3. The van der Waals surface area contributed by atoms with Crippen LogP contribution in [0.3, 0.4) is 0 Å². The second kappa shape index (κ2) is 8.99. The maximum Gasteiger partial charge on any atom is 0.261 e. The van der Waals surface area contributed by atoms with E-state index in [2.05, 4.69) is 4.72 Å². The van der Waals surface area contributed by atoms with E-state index in [1.54, 1.807) is 30.3 Å². The van der Waals surface area contributed by atoms with Crippen molar-refractivity contribution in [1.82, 2.24) is 0 Å². The van der Waals surface area contributed by atoms with Gasteiger partial charge in [-0.2, -0.15) is 0 Å². The molecule has 0 bridgehead atoms. The molecule has 3 aromatic rings. The van der Waals surface area contributed by atoms with Crippen LogP contribution in [-0.4, -0.2) is 28.9 Å². The third-order valence-corrected chi connectivity index (χ3v) is 6.81. The number of carbonyl (C=O) groups is 1. The van der Waals surface area contributed by atoms with Gasteiger partial charge in [-0.3, -0.25) is 9.52 Å². The van der Waals surface area contributed by atoms with Crippen LogP contribution in [0.5, 0.6) is 0 Å². The van der Waals surface area contributed by atoms with Crippen molar-refractivity contribution in [1.29, 1.82) is 0 Å². The van der Waals surface area contributed by atoms with Crippen LogP contribution in [0.25, 0.3) is 0 Å². The zero-order chi connectivity index (χ0) is 21.2. The zero-order valence-electron chi connectivity index (χ0n) is 15.2. The molecule has 3 aromatic carbocycles. The van der Waals surface area contributed by atoms with Crippen molar-refractivity contribution in [2.45, 2.75) is 17.2 Å². The summed E-state index contributed by atoms with van der Waals surface area (Å²) in [6.45, 7) is 0. The predicted molar refractivity (Wildman–Crippen MR) is 118 cm³/mol. The molecular formula is C21H20ClNO5S2. The fourth-order valence-electron chi connectivity index (χ4n) is 2.61. The molecule has 0 amide bonds. The molecule has 0 aliphatic heterocycles. The van der Waals surface area contributed by atoms with E-state index in [0.29, 0.717) is 5.56 Å². The minimum atomic E-state index is -4.07. The average Bonchev–Trinajstić information content (AvgIpc) is 2.69. The highest BCUT2D eigenvalue weighted by molar-refractivity contribution is 7.92. The lowest BCUT2D eigenvalue weighted by molar-refractivity contribution is 0.103. The molecule has 6 nitrogen and oxygen atoms in total. The lowest BCUT2D eigenvalue weighted by Gasteiger charge is -2.13. The van der Waals surface area contributed by atoms with E-state index < -0.39 is 25.6 Å². The molecule has 0 atom stereocenters. The number of sulfone groups is 1. The molecule has 0 unspecified atom stereocenters. The molecule has 0 aliphatic rings. The van der Waals surface area contributed by atoms with Gasteiger partial charge in [-0.1, -0.05) is 49.4 Å². The summed E-state index contributed by atoms with van der Waals surface area (Å²) in [6.07, 6.45) is 1.03. The molecule has 0 saturated heterocycles. The molecule has 1 N–H and O–H groups in total. The van der Waals surface area contributed by atoms with Crippen molar-refractivity contribution in [2.75, 3.05) is 11.0 Å². The van der Waals surface area contributed by atoms with Crippen LogP contribution in [0.1, 0.15) is 23.3 Å². The Bertz CT molecular complexity index is 1270. The molecule has 9 heteroatoms. The zero-order valence-corrected chi connectivity index (χ0v) is 17.6. The summed E-state index contributed by atoms with van der Waals surface area (Å²) in [6, 6.07) is 17.5. The van der Waals surface area contributed by atoms with Gasteiger partial charge in [0.05, 0.1) is 15.5 Å². The third kappa shape index (κ3) is 5.27. The van der Waals surface area contributed by atoms with E-state index in [9.17, 15) is 21.6 Å². The summed E-state index contributed by atoms with van der Waals surface area (Å²) in [7, 11) is -7.52. The van der Waals surface area contributed by atoms with Crippen molar-refractivity contribution >= 4 is 42.9 Å². The van der Waals surface area contributed by atoms with Gasteiger partial charge in [-0.25, -0.2) is 16.8 Å². The number of hydrogen-bond donors (Lipinski definition) is 1. The number of carbonyl (C=O) groups excluding carboxylic acids is 1. The minimum absolute atomic E-state index is 0. The van der Waals surface area contributed by atoms with Gasteiger partial charge in [0.1, 0.15) is 0 Å². The van der Waals surface area contributed by atoms with Gasteiger partial charge in [0.15, 0.2) is 15.6 Å². The second-order valence-electron chi connectivity index (χ2n) is 6.23. The largest absolute Gasteiger partial charge is 0.289 e. The lowest BCUT2D eigenvalue weighted by atomic mass is 10.0. The van der Waals surface area contributed by atoms with E-state index in [0.717, 1.165) is 6.26 Å². The van der Waals surface area contributed by atoms with E-state index in [4.69, 9.17) is 11.6 Å². The summed E-state index contributed by atoms with van der Waals surface area (Å²) in [5.41, 5.74) is 0.545. The Morgan fingerprint density at radius 1 is 0.833 bits per heavy atom. The van der Waals surface area contributed by atoms with Gasteiger partial charge in [0.25, 0.3) is 10.0 Å². The molecule has 30 heavy (non-hydrogen) atoms. The average molecular weight is 466 g/mol. The van der Waals surface area contributed by atoms with Gasteiger partial charge >= 0.3 is 0 Å². The first-order chi connectivity index (χ1) is 13.6. The Morgan fingerprint density at radius 2 is 1.40 bits per heavy atom. The molecule has 0 aliphatic carbocycles.